The molecule has 2 N–H and O–H groups in total. The van der Waals surface area contributed by atoms with Gasteiger partial charge in [0.25, 0.3) is 5.91 Å². The van der Waals surface area contributed by atoms with Gasteiger partial charge in [-0.2, -0.15) is 0 Å². The Morgan fingerprint density at radius 2 is 1.59 bits per heavy atom. The van der Waals surface area contributed by atoms with Gasteiger partial charge in [0.2, 0.25) is 10.0 Å². The number of hydrogen-bond donors (Lipinski definition) is 2. The Balaban J connectivity index is 2.29. The summed E-state index contributed by atoms with van der Waals surface area (Å²) in [6, 6.07) is 10.5. The SMILES string of the molecule is CCNc1ccc(C(=O)OCC)cc1NC(=O)c1ccc(S(=O)(=O)N(C)C)cc1. The first-order valence-electron chi connectivity index (χ1n) is 9.09. The van der Waals surface area contributed by atoms with Crippen molar-refractivity contribution in [2.24, 2.45) is 0 Å². The number of anilines is 2. The first kappa shape index (κ1) is 22.4. The van der Waals surface area contributed by atoms with Crippen LogP contribution in [-0.4, -0.2) is 51.8 Å². The van der Waals surface area contributed by atoms with Crippen molar-refractivity contribution in [1.82, 2.24) is 4.31 Å². The second kappa shape index (κ2) is 9.53. The molecule has 0 atom stereocenters. The summed E-state index contributed by atoms with van der Waals surface area (Å²) in [6.07, 6.45) is 0. The molecule has 2 aromatic carbocycles. The maximum absolute atomic E-state index is 12.7. The van der Waals surface area contributed by atoms with Gasteiger partial charge in [-0.05, 0) is 56.3 Å². The highest BCUT2D eigenvalue weighted by Crippen LogP contribution is 2.25. The molecule has 0 aliphatic heterocycles. The molecular weight excluding hydrogens is 394 g/mol. The maximum atomic E-state index is 12.7. The van der Waals surface area contributed by atoms with Crippen LogP contribution in [-0.2, 0) is 14.8 Å². The van der Waals surface area contributed by atoms with E-state index in [-0.39, 0.29) is 17.1 Å². The van der Waals surface area contributed by atoms with E-state index >= 15 is 0 Å². The van der Waals surface area contributed by atoms with Crippen LogP contribution in [0.5, 0.6) is 0 Å². The molecule has 1 amide bonds. The van der Waals surface area contributed by atoms with Gasteiger partial charge in [0.1, 0.15) is 0 Å². The van der Waals surface area contributed by atoms with E-state index in [1.807, 2.05) is 6.92 Å². The fraction of sp³-hybridized carbons (Fsp3) is 0.300. The maximum Gasteiger partial charge on any atom is 0.338 e. The number of esters is 1. The van der Waals surface area contributed by atoms with Crippen LogP contribution in [0.25, 0.3) is 0 Å². The molecule has 0 spiro atoms. The molecule has 2 aromatic rings. The van der Waals surface area contributed by atoms with Crippen molar-refractivity contribution in [1.29, 1.82) is 0 Å². The quantitative estimate of drug-likeness (QED) is 0.638. The van der Waals surface area contributed by atoms with Crippen molar-refractivity contribution in [2.75, 3.05) is 37.9 Å². The minimum atomic E-state index is -3.57. The molecular formula is C20H25N3O5S. The zero-order valence-corrected chi connectivity index (χ0v) is 17.7. The number of nitrogens with one attached hydrogen (secondary N) is 2. The zero-order valence-electron chi connectivity index (χ0n) is 16.9. The fourth-order valence-corrected chi connectivity index (χ4v) is 3.42. The topological polar surface area (TPSA) is 105 Å². The number of nitrogens with zero attached hydrogens (tertiary/aromatic N) is 1. The van der Waals surface area contributed by atoms with Gasteiger partial charge in [-0.1, -0.05) is 0 Å². The Morgan fingerprint density at radius 1 is 0.966 bits per heavy atom. The lowest BCUT2D eigenvalue weighted by atomic mass is 10.1. The number of carbonyl (C=O) groups excluding carboxylic acids is 2. The Kier molecular flexibility index (Phi) is 7.35. The van der Waals surface area contributed by atoms with Crippen molar-refractivity contribution in [2.45, 2.75) is 18.7 Å². The average molecular weight is 420 g/mol. The van der Waals surface area contributed by atoms with Crippen LogP contribution in [0.15, 0.2) is 47.4 Å². The van der Waals surface area contributed by atoms with Gasteiger partial charge in [0, 0.05) is 26.2 Å². The molecule has 0 saturated heterocycles. The number of amides is 1. The third kappa shape index (κ3) is 5.33. The van der Waals surface area contributed by atoms with Crippen LogP contribution < -0.4 is 10.6 Å². The molecule has 2 rings (SSSR count). The lowest BCUT2D eigenvalue weighted by molar-refractivity contribution is 0.0526. The van der Waals surface area contributed by atoms with Gasteiger partial charge in [0.15, 0.2) is 0 Å². The molecule has 0 radical (unpaired) electrons. The van der Waals surface area contributed by atoms with E-state index in [1.165, 1.54) is 38.4 Å². The number of hydrogen-bond acceptors (Lipinski definition) is 6. The van der Waals surface area contributed by atoms with Gasteiger partial charge in [-0.3, -0.25) is 4.79 Å². The molecule has 0 unspecified atom stereocenters. The van der Waals surface area contributed by atoms with Gasteiger partial charge in [-0.25, -0.2) is 17.5 Å². The van der Waals surface area contributed by atoms with Crippen molar-refractivity contribution in [3.63, 3.8) is 0 Å². The molecule has 0 heterocycles. The lowest BCUT2D eigenvalue weighted by Crippen LogP contribution is -2.22. The van der Waals surface area contributed by atoms with Crippen LogP contribution in [0.1, 0.15) is 34.6 Å². The van der Waals surface area contributed by atoms with Crippen LogP contribution in [0, 0.1) is 0 Å². The van der Waals surface area contributed by atoms with E-state index in [0.29, 0.717) is 23.5 Å². The number of sulfonamides is 1. The Morgan fingerprint density at radius 3 is 2.14 bits per heavy atom. The molecule has 0 aliphatic rings. The van der Waals surface area contributed by atoms with E-state index < -0.39 is 21.9 Å². The molecule has 0 aromatic heterocycles. The average Bonchev–Trinajstić information content (AvgIpc) is 2.69. The van der Waals surface area contributed by atoms with Crippen molar-refractivity contribution < 1.29 is 22.7 Å². The highest BCUT2D eigenvalue weighted by atomic mass is 32.2. The van der Waals surface area contributed by atoms with Gasteiger partial charge in [-0.15, -0.1) is 0 Å². The van der Waals surface area contributed by atoms with Gasteiger partial charge >= 0.3 is 5.97 Å². The van der Waals surface area contributed by atoms with Crippen LogP contribution in [0.3, 0.4) is 0 Å². The Labute approximate surface area is 170 Å². The van der Waals surface area contributed by atoms with E-state index in [4.69, 9.17) is 4.74 Å². The third-order valence-corrected chi connectivity index (χ3v) is 5.87. The van der Waals surface area contributed by atoms with Crippen LogP contribution >= 0.6 is 0 Å². The summed E-state index contributed by atoms with van der Waals surface area (Å²) < 4.78 is 30.4. The molecule has 29 heavy (non-hydrogen) atoms. The monoisotopic (exact) mass is 419 g/mol. The van der Waals surface area contributed by atoms with E-state index in [2.05, 4.69) is 10.6 Å². The van der Waals surface area contributed by atoms with E-state index in [0.717, 1.165) is 4.31 Å². The fourth-order valence-electron chi connectivity index (χ4n) is 2.52. The summed E-state index contributed by atoms with van der Waals surface area (Å²) in [4.78, 5) is 24.7. The Bertz CT molecular complexity index is 986. The number of benzene rings is 2. The molecule has 0 bridgehead atoms. The minimum Gasteiger partial charge on any atom is -0.462 e. The summed E-state index contributed by atoms with van der Waals surface area (Å²) in [7, 11) is -0.694. The molecule has 8 nitrogen and oxygen atoms in total. The predicted octanol–water partition coefficient (Wildman–Crippen LogP) is 2.80. The largest absolute Gasteiger partial charge is 0.462 e. The van der Waals surface area contributed by atoms with Crippen molar-refractivity contribution in [3.05, 3.63) is 53.6 Å². The van der Waals surface area contributed by atoms with E-state index in [9.17, 15) is 18.0 Å². The molecule has 156 valence electrons. The standard InChI is InChI=1S/C20H25N3O5S/c1-5-21-17-12-9-15(20(25)28-6-2)13-18(17)22-19(24)14-7-10-16(11-8-14)29(26,27)23(3)4/h7-13,21H,5-6H2,1-4H3,(H,22,24). The first-order valence-corrected chi connectivity index (χ1v) is 10.5. The number of rotatable bonds is 8. The van der Waals surface area contributed by atoms with Crippen LogP contribution in [0.2, 0.25) is 0 Å². The molecule has 9 heteroatoms. The smallest absolute Gasteiger partial charge is 0.338 e. The molecule has 0 aliphatic carbocycles. The summed E-state index contributed by atoms with van der Waals surface area (Å²) in [5, 5.41) is 5.88. The Hall–Kier alpha value is -2.91. The van der Waals surface area contributed by atoms with Crippen LogP contribution in [0.4, 0.5) is 11.4 Å². The summed E-state index contributed by atoms with van der Waals surface area (Å²) in [6.45, 7) is 4.50. The third-order valence-electron chi connectivity index (χ3n) is 4.04. The first-order chi connectivity index (χ1) is 13.7. The predicted molar refractivity (Wildman–Crippen MR) is 112 cm³/mol. The summed E-state index contributed by atoms with van der Waals surface area (Å²) in [5.74, 6) is -0.914. The van der Waals surface area contributed by atoms with Gasteiger partial charge < -0.3 is 15.4 Å². The van der Waals surface area contributed by atoms with Crippen molar-refractivity contribution >= 4 is 33.3 Å². The molecule has 0 saturated carbocycles. The normalized spacial score (nSPS) is 11.2. The number of carbonyl (C=O) groups is 2. The molecule has 0 fully saturated rings. The van der Waals surface area contributed by atoms with E-state index in [1.54, 1.807) is 25.1 Å². The second-order valence-corrected chi connectivity index (χ2v) is 8.43. The minimum absolute atomic E-state index is 0.0942. The second-order valence-electron chi connectivity index (χ2n) is 6.28. The zero-order chi connectivity index (χ0) is 21.6. The summed E-state index contributed by atoms with van der Waals surface area (Å²) >= 11 is 0. The summed E-state index contributed by atoms with van der Waals surface area (Å²) in [5.41, 5.74) is 1.68. The highest BCUT2D eigenvalue weighted by molar-refractivity contribution is 7.89. The lowest BCUT2D eigenvalue weighted by Gasteiger charge is -2.14. The highest BCUT2D eigenvalue weighted by Gasteiger charge is 2.18. The van der Waals surface area contributed by atoms with Gasteiger partial charge in [0.05, 0.1) is 28.4 Å². The number of ether oxygens (including phenoxy) is 1. The van der Waals surface area contributed by atoms with Crippen molar-refractivity contribution in [3.8, 4) is 0 Å².